The van der Waals surface area contributed by atoms with Crippen LogP contribution in [0.5, 0.6) is 0 Å². The van der Waals surface area contributed by atoms with Gasteiger partial charge in [-0.2, -0.15) is 5.10 Å². The van der Waals surface area contributed by atoms with Gasteiger partial charge in [0.1, 0.15) is 6.04 Å². The molecule has 0 saturated carbocycles. The summed E-state index contributed by atoms with van der Waals surface area (Å²) in [5.74, 6) is 0.541. The van der Waals surface area contributed by atoms with Gasteiger partial charge in [0, 0.05) is 26.2 Å². The lowest BCUT2D eigenvalue weighted by atomic mass is 10.0. The fourth-order valence-electron chi connectivity index (χ4n) is 3.18. The molecule has 0 spiro atoms. The number of carbonyl (C=O) groups is 2. The van der Waals surface area contributed by atoms with Crippen LogP contribution in [-0.4, -0.2) is 47.3 Å². The van der Waals surface area contributed by atoms with Gasteiger partial charge in [0.2, 0.25) is 11.8 Å². The minimum Gasteiger partial charge on any atom is -0.344 e. The summed E-state index contributed by atoms with van der Waals surface area (Å²) in [7, 11) is 1.82. The second-order valence-corrected chi connectivity index (χ2v) is 6.17. The molecule has 3 rings (SSSR count). The van der Waals surface area contributed by atoms with Crippen LogP contribution in [-0.2, 0) is 16.6 Å². The van der Waals surface area contributed by atoms with Gasteiger partial charge < -0.3 is 15.5 Å². The van der Waals surface area contributed by atoms with Crippen LogP contribution in [0.2, 0.25) is 0 Å². The number of hydrogen-bond donors (Lipinski definition) is 2. The molecule has 2 saturated heterocycles. The SMILES string of the molecule is Cl.Cn1cc(N2CCC(NC(=O)CCC3CCNC3)C2=O)cn1. The van der Waals surface area contributed by atoms with Crippen molar-refractivity contribution in [3.8, 4) is 0 Å². The van der Waals surface area contributed by atoms with Crippen molar-refractivity contribution < 1.29 is 9.59 Å². The zero-order chi connectivity index (χ0) is 15.5. The van der Waals surface area contributed by atoms with Crippen molar-refractivity contribution in [1.82, 2.24) is 20.4 Å². The third-order valence-electron chi connectivity index (χ3n) is 4.49. The van der Waals surface area contributed by atoms with Crippen LogP contribution in [0.15, 0.2) is 12.4 Å². The zero-order valence-corrected chi connectivity index (χ0v) is 14.1. The monoisotopic (exact) mass is 341 g/mol. The average molecular weight is 342 g/mol. The maximum atomic E-state index is 12.4. The molecule has 0 bridgehead atoms. The summed E-state index contributed by atoms with van der Waals surface area (Å²) < 4.78 is 1.67. The highest BCUT2D eigenvalue weighted by Crippen LogP contribution is 2.21. The first-order valence-corrected chi connectivity index (χ1v) is 7.93. The molecule has 128 valence electrons. The highest BCUT2D eigenvalue weighted by Gasteiger charge is 2.34. The van der Waals surface area contributed by atoms with Crippen molar-refractivity contribution in [3.05, 3.63) is 12.4 Å². The van der Waals surface area contributed by atoms with Crippen LogP contribution in [0.3, 0.4) is 0 Å². The van der Waals surface area contributed by atoms with Crippen molar-refractivity contribution in [2.75, 3.05) is 24.5 Å². The Balaban J connectivity index is 0.00000192. The van der Waals surface area contributed by atoms with E-state index in [4.69, 9.17) is 0 Å². The van der Waals surface area contributed by atoms with Crippen LogP contribution in [0.1, 0.15) is 25.7 Å². The molecular weight excluding hydrogens is 318 g/mol. The van der Waals surface area contributed by atoms with Crippen molar-refractivity contribution >= 4 is 29.9 Å². The van der Waals surface area contributed by atoms with Gasteiger partial charge in [0.15, 0.2) is 0 Å². The molecule has 8 heteroatoms. The summed E-state index contributed by atoms with van der Waals surface area (Å²) in [6, 6.07) is -0.394. The van der Waals surface area contributed by atoms with E-state index in [1.807, 2.05) is 13.2 Å². The first-order valence-electron chi connectivity index (χ1n) is 7.93. The first kappa shape index (κ1) is 17.7. The van der Waals surface area contributed by atoms with Crippen LogP contribution in [0.4, 0.5) is 5.69 Å². The Labute approximate surface area is 142 Å². The van der Waals surface area contributed by atoms with E-state index in [9.17, 15) is 9.59 Å². The van der Waals surface area contributed by atoms with Crippen LogP contribution in [0, 0.1) is 5.92 Å². The van der Waals surface area contributed by atoms with Crippen molar-refractivity contribution in [1.29, 1.82) is 0 Å². The normalized spacial score (nSPS) is 23.9. The van der Waals surface area contributed by atoms with Gasteiger partial charge in [-0.1, -0.05) is 0 Å². The van der Waals surface area contributed by atoms with E-state index in [1.54, 1.807) is 15.8 Å². The van der Waals surface area contributed by atoms with Gasteiger partial charge in [0.25, 0.3) is 0 Å². The molecule has 7 nitrogen and oxygen atoms in total. The zero-order valence-electron chi connectivity index (χ0n) is 13.3. The average Bonchev–Trinajstić information content (AvgIpc) is 3.20. The smallest absolute Gasteiger partial charge is 0.249 e. The summed E-state index contributed by atoms with van der Waals surface area (Å²) in [5.41, 5.74) is 0.793. The Morgan fingerprint density at radius 3 is 2.96 bits per heavy atom. The summed E-state index contributed by atoms with van der Waals surface area (Å²) in [6.07, 6.45) is 6.69. The number of carbonyl (C=O) groups excluding carboxylic acids is 2. The summed E-state index contributed by atoms with van der Waals surface area (Å²) in [5, 5.41) is 10.3. The van der Waals surface area contributed by atoms with Crippen molar-refractivity contribution in [2.24, 2.45) is 13.0 Å². The van der Waals surface area contributed by atoms with E-state index < -0.39 is 6.04 Å². The highest BCUT2D eigenvalue weighted by atomic mass is 35.5. The number of nitrogens with zero attached hydrogens (tertiary/aromatic N) is 3. The van der Waals surface area contributed by atoms with Gasteiger partial charge >= 0.3 is 0 Å². The lowest BCUT2D eigenvalue weighted by molar-refractivity contribution is -0.126. The molecule has 2 amide bonds. The number of aryl methyl sites for hydroxylation is 1. The molecule has 2 N–H and O–H groups in total. The number of hydrogen-bond acceptors (Lipinski definition) is 4. The molecule has 2 aliphatic heterocycles. The van der Waals surface area contributed by atoms with E-state index >= 15 is 0 Å². The second-order valence-electron chi connectivity index (χ2n) is 6.17. The third-order valence-corrected chi connectivity index (χ3v) is 4.49. The number of amides is 2. The van der Waals surface area contributed by atoms with Crippen LogP contribution >= 0.6 is 12.4 Å². The highest BCUT2D eigenvalue weighted by molar-refractivity contribution is 6.01. The maximum absolute atomic E-state index is 12.4. The molecule has 0 radical (unpaired) electrons. The molecule has 23 heavy (non-hydrogen) atoms. The van der Waals surface area contributed by atoms with E-state index in [0.717, 1.165) is 31.6 Å². The number of anilines is 1. The van der Waals surface area contributed by atoms with E-state index in [-0.39, 0.29) is 24.2 Å². The standard InChI is InChI=1S/C15H23N5O2.ClH/c1-19-10-12(9-17-19)20-7-5-13(15(20)22)18-14(21)3-2-11-4-6-16-8-11;/h9-11,13,16H,2-8H2,1H3,(H,18,21);1H. The Kier molecular flexibility index (Phi) is 6.01. The molecule has 0 aromatic carbocycles. The van der Waals surface area contributed by atoms with Gasteiger partial charge in [-0.25, -0.2) is 0 Å². The minimum absolute atomic E-state index is 0. The molecule has 2 unspecified atom stereocenters. The molecule has 3 heterocycles. The first-order chi connectivity index (χ1) is 10.6. The molecular formula is C15H24ClN5O2. The van der Waals surface area contributed by atoms with E-state index in [2.05, 4.69) is 15.7 Å². The number of aromatic nitrogens is 2. The Hall–Kier alpha value is -1.60. The number of nitrogens with one attached hydrogen (secondary N) is 2. The molecule has 2 fully saturated rings. The maximum Gasteiger partial charge on any atom is 0.249 e. The largest absolute Gasteiger partial charge is 0.344 e. The summed E-state index contributed by atoms with van der Waals surface area (Å²) >= 11 is 0. The number of rotatable bonds is 5. The topological polar surface area (TPSA) is 79.3 Å². The van der Waals surface area contributed by atoms with Gasteiger partial charge in [-0.3, -0.25) is 14.3 Å². The Bertz CT molecular complexity index is 556. The van der Waals surface area contributed by atoms with Crippen molar-refractivity contribution in [3.63, 3.8) is 0 Å². The van der Waals surface area contributed by atoms with Crippen LogP contribution < -0.4 is 15.5 Å². The molecule has 2 atom stereocenters. The Morgan fingerprint density at radius 1 is 1.48 bits per heavy atom. The molecule has 1 aromatic heterocycles. The van der Waals surface area contributed by atoms with E-state index in [1.165, 1.54) is 0 Å². The fourth-order valence-corrected chi connectivity index (χ4v) is 3.18. The van der Waals surface area contributed by atoms with E-state index in [0.29, 0.717) is 25.3 Å². The summed E-state index contributed by atoms with van der Waals surface area (Å²) in [6.45, 7) is 2.68. The van der Waals surface area contributed by atoms with Crippen molar-refractivity contribution in [2.45, 2.75) is 31.7 Å². The molecule has 1 aromatic rings. The minimum atomic E-state index is -0.394. The molecule has 0 aliphatic carbocycles. The lowest BCUT2D eigenvalue weighted by Gasteiger charge is -2.15. The van der Waals surface area contributed by atoms with Crippen LogP contribution in [0.25, 0.3) is 0 Å². The second kappa shape index (κ2) is 7.79. The lowest BCUT2D eigenvalue weighted by Crippen LogP contribution is -2.41. The van der Waals surface area contributed by atoms with Gasteiger partial charge in [0.05, 0.1) is 11.9 Å². The van der Waals surface area contributed by atoms with Gasteiger partial charge in [-0.15, -0.1) is 12.4 Å². The number of halogens is 1. The summed E-state index contributed by atoms with van der Waals surface area (Å²) in [4.78, 5) is 26.1. The predicted molar refractivity (Wildman–Crippen MR) is 89.6 cm³/mol. The predicted octanol–water partition coefficient (Wildman–Crippen LogP) is 0.453. The third kappa shape index (κ3) is 4.23. The Morgan fingerprint density at radius 2 is 2.30 bits per heavy atom. The fraction of sp³-hybridized carbons (Fsp3) is 0.667. The molecule has 2 aliphatic rings. The quantitative estimate of drug-likeness (QED) is 0.815. The van der Waals surface area contributed by atoms with Gasteiger partial charge in [-0.05, 0) is 38.3 Å².